The number of aryl methyl sites for hydroxylation is 1. The van der Waals surface area contributed by atoms with E-state index in [0.29, 0.717) is 6.42 Å². The third-order valence-electron chi connectivity index (χ3n) is 4.65. The maximum atomic E-state index is 11.6. The van der Waals surface area contributed by atoms with Gasteiger partial charge in [0.15, 0.2) is 0 Å². The highest BCUT2D eigenvalue weighted by Crippen LogP contribution is 2.32. The molecule has 25 heavy (non-hydrogen) atoms. The van der Waals surface area contributed by atoms with Crippen LogP contribution in [0.3, 0.4) is 0 Å². The van der Waals surface area contributed by atoms with E-state index in [4.69, 9.17) is 11.6 Å². The van der Waals surface area contributed by atoms with Crippen LogP contribution < -0.4 is 5.32 Å². The molecule has 0 spiro atoms. The number of rotatable bonds is 4. The highest BCUT2D eigenvalue weighted by atomic mass is 35.5. The first-order chi connectivity index (χ1) is 12.2. The van der Waals surface area contributed by atoms with Gasteiger partial charge in [-0.3, -0.25) is 4.79 Å². The molecule has 1 aromatic heterocycles. The molecule has 0 bridgehead atoms. The van der Waals surface area contributed by atoms with Crippen LogP contribution in [0.1, 0.15) is 29.0 Å². The molecule has 0 radical (unpaired) electrons. The van der Waals surface area contributed by atoms with E-state index >= 15 is 0 Å². The smallest absolute Gasteiger partial charge is 0.224 e. The van der Waals surface area contributed by atoms with E-state index in [2.05, 4.69) is 39.1 Å². The maximum Gasteiger partial charge on any atom is 0.224 e. The number of halogens is 1. The Labute approximate surface area is 151 Å². The lowest BCUT2D eigenvalue weighted by Gasteiger charge is -2.23. The van der Waals surface area contributed by atoms with Gasteiger partial charge in [0.2, 0.25) is 5.91 Å². The lowest BCUT2D eigenvalue weighted by atomic mass is 9.88. The van der Waals surface area contributed by atoms with Crippen molar-refractivity contribution in [3.05, 3.63) is 82.9 Å². The fraction of sp³-hybridized carbons (Fsp3) is 0.200. The van der Waals surface area contributed by atoms with Gasteiger partial charge in [-0.15, -0.1) is 0 Å². The average molecular weight is 352 g/mol. The summed E-state index contributed by atoms with van der Waals surface area (Å²) in [6.45, 7) is 0.798. The lowest BCUT2D eigenvalue weighted by molar-refractivity contribution is -0.116. The van der Waals surface area contributed by atoms with Crippen molar-refractivity contribution < 1.29 is 4.79 Å². The molecule has 4 nitrogen and oxygen atoms in total. The fourth-order valence-corrected chi connectivity index (χ4v) is 3.45. The predicted molar refractivity (Wildman–Crippen MR) is 98.9 cm³/mol. The Bertz CT molecular complexity index is 888. The zero-order valence-electron chi connectivity index (χ0n) is 13.7. The van der Waals surface area contributed by atoms with Crippen LogP contribution >= 0.6 is 11.6 Å². The minimum absolute atomic E-state index is 0.0907. The van der Waals surface area contributed by atoms with Crippen LogP contribution in [-0.2, 0) is 17.8 Å². The van der Waals surface area contributed by atoms with Gasteiger partial charge in [-0.25, -0.2) is 4.98 Å². The van der Waals surface area contributed by atoms with Crippen molar-refractivity contribution in [1.29, 1.82) is 0 Å². The van der Waals surface area contributed by atoms with Crippen molar-refractivity contribution in [2.75, 3.05) is 5.32 Å². The Morgan fingerprint density at radius 3 is 2.68 bits per heavy atom. The van der Waals surface area contributed by atoms with Crippen LogP contribution in [-0.4, -0.2) is 15.5 Å². The zero-order chi connectivity index (χ0) is 17.2. The maximum absolute atomic E-state index is 11.6. The summed E-state index contributed by atoms with van der Waals surface area (Å²) in [5.41, 5.74) is 4.56. The first-order valence-electron chi connectivity index (χ1n) is 8.33. The summed E-state index contributed by atoms with van der Waals surface area (Å²) in [5.74, 6) is 0.280. The second-order valence-electron chi connectivity index (χ2n) is 6.33. The van der Waals surface area contributed by atoms with Crippen LogP contribution in [0.4, 0.5) is 5.69 Å². The third-order valence-corrected chi connectivity index (χ3v) is 4.90. The number of nitrogens with one attached hydrogen (secondary N) is 1. The molecule has 1 atom stereocenters. The number of amides is 1. The van der Waals surface area contributed by atoms with Crippen molar-refractivity contribution >= 4 is 23.2 Å². The summed E-state index contributed by atoms with van der Waals surface area (Å²) in [6, 6.07) is 14.3. The SMILES string of the molecule is O=C1CCc2cc(C(Cn3ccnc3)c3ccc(Cl)cc3)ccc2N1. The Kier molecular flexibility index (Phi) is 4.28. The molecule has 1 N–H and O–H groups in total. The van der Waals surface area contributed by atoms with Gasteiger partial charge in [-0.2, -0.15) is 0 Å². The number of nitrogens with zero attached hydrogens (tertiary/aromatic N) is 2. The molecule has 0 aliphatic carbocycles. The fourth-order valence-electron chi connectivity index (χ4n) is 3.32. The van der Waals surface area contributed by atoms with Gasteiger partial charge in [0.1, 0.15) is 0 Å². The highest BCUT2D eigenvalue weighted by Gasteiger charge is 2.19. The van der Waals surface area contributed by atoms with E-state index in [-0.39, 0.29) is 11.8 Å². The van der Waals surface area contributed by atoms with E-state index in [9.17, 15) is 4.79 Å². The quantitative estimate of drug-likeness (QED) is 0.763. The number of aromatic nitrogens is 2. The minimum Gasteiger partial charge on any atom is -0.337 e. The molecule has 126 valence electrons. The Balaban J connectivity index is 1.72. The molecule has 5 heteroatoms. The van der Waals surface area contributed by atoms with Crippen LogP contribution in [0, 0.1) is 0 Å². The topological polar surface area (TPSA) is 46.9 Å². The van der Waals surface area contributed by atoms with E-state index in [0.717, 1.165) is 23.7 Å². The number of carbonyl (C=O) groups excluding carboxylic acids is 1. The number of anilines is 1. The van der Waals surface area contributed by atoms with Gasteiger partial charge in [0.25, 0.3) is 0 Å². The van der Waals surface area contributed by atoms with Crippen molar-refractivity contribution in [3.63, 3.8) is 0 Å². The summed E-state index contributed by atoms with van der Waals surface area (Å²) in [6.07, 6.45) is 6.93. The normalized spacial score (nSPS) is 14.7. The molecule has 3 aromatic rings. The van der Waals surface area contributed by atoms with Crippen LogP contribution in [0.15, 0.2) is 61.2 Å². The van der Waals surface area contributed by atoms with Crippen molar-refractivity contribution in [2.24, 2.45) is 0 Å². The molecule has 2 heterocycles. The first-order valence-corrected chi connectivity index (χ1v) is 8.71. The lowest BCUT2D eigenvalue weighted by Crippen LogP contribution is -2.19. The molecule has 4 rings (SSSR count). The van der Waals surface area contributed by atoms with Gasteiger partial charge in [0, 0.05) is 42.0 Å². The molecular weight excluding hydrogens is 334 g/mol. The number of imidazole rings is 1. The van der Waals surface area contributed by atoms with Crippen LogP contribution in [0.2, 0.25) is 5.02 Å². The molecule has 1 aliphatic rings. The average Bonchev–Trinajstić information content (AvgIpc) is 3.13. The molecule has 1 amide bonds. The van der Waals surface area contributed by atoms with Gasteiger partial charge >= 0.3 is 0 Å². The predicted octanol–water partition coefficient (Wildman–Crippen LogP) is 4.25. The van der Waals surface area contributed by atoms with E-state index in [1.165, 1.54) is 16.7 Å². The Morgan fingerprint density at radius 1 is 1.12 bits per heavy atom. The first kappa shape index (κ1) is 15.9. The summed E-state index contributed by atoms with van der Waals surface area (Å²) in [4.78, 5) is 15.7. The van der Waals surface area contributed by atoms with E-state index < -0.39 is 0 Å². The molecule has 2 aromatic carbocycles. The molecule has 1 aliphatic heterocycles. The second-order valence-corrected chi connectivity index (χ2v) is 6.76. The number of benzene rings is 2. The largest absolute Gasteiger partial charge is 0.337 e. The third kappa shape index (κ3) is 3.44. The van der Waals surface area contributed by atoms with Crippen molar-refractivity contribution in [2.45, 2.75) is 25.3 Å². The molecular formula is C20H18ClN3O. The van der Waals surface area contributed by atoms with Gasteiger partial charge in [-0.05, 0) is 41.3 Å². The van der Waals surface area contributed by atoms with Crippen LogP contribution in [0.25, 0.3) is 0 Å². The number of hydrogen-bond donors (Lipinski definition) is 1. The van der Waals surface area contributed by atoms with E-state index in [1.54, 1.807) is 6.20 Å². The highest BCUT2D eigenvalue weighted by molar-refractivity contribution is 6.30. The summed E-state index contributed by atoms with van der Waals surface area (Å²) in [5, 5.41) is 3.68. The summed E-state index contributed by atoms with van der Waals surface area (Å²) < 4.78 is 2.08. The van der Waals surface area contributed by atoms with E-state index in [1.807, 2.05) is 30.7 Å². The Morgan fingerprint density at radius 2 is 1.92 bits per heavy atom. The summed E-state index contributed by atoms with van der Waals surface area (Å²) >= 11 is 6.06. The van der Waals surface area contributed by atoms with Crippen molar-refractivity contribution in [3.8, 4) is 0 Å². The molecule has 0 saturated heterocycles. The molecule has 0 fully saturated rings. The Hall–Kier alpha value is -2.59. The van der Waals surface area contributed by atoms with Gasteiger partial charge in [-0.1, -0.05) is 35.9 Å². The number of fused-ring (bicyclic) bond motifs is 1. The van der Waals surface area contributed by atoms with Gasteiger partial charge in [0.05, 0.1) is 6.33 Å². The number of carbonyl (C=O) groups is 1. The van der Waals surface area contributed by atoms with Gasteiger partial charge < -0.3 is 9.88 Å². The zero-order valence-corrected chi connectivity index (χ0v) is 14.4. The summed E-state index contributed by atoms with van der Waals surface area (Å²) in [7, 11) is 0. The second kappa shape index (κ2) is 6.73. The van der Waals surface area contributed by atoms with Crippen LogP contribution in [0.5, 0.6) is 0 Å². The minimum atomic E-state index is 0.0907. The molecule has 0 saturated carbocycles. The standard InChI is InChI=1S/C20H18ClN3O/c21-17-5-1-14(2-6-17)18(12-24-10-9-22-13-24)15-3-7-19-16(11-15)4-8-20(25)23-19/h1-3,5-7,9-11,13,18H,4,8,12H2,(H,23,25). The monoisotopic (exact) mass is 351 g/mol. The molecule has 1 unspecified atom stereocenters. The van der Waals surface area contributed by atoms with Crippen molar-refractivity contribution in [1.82, 2.24) is 9.55 Å². The number of hydrogen-bond acceptors (Lipinski definition) is 2.